The molecule has 1 aliphatic heterocycles. The van der Waals surface area contributed by atoms with E-state index in [-0.39, 0.29) is 11.8 Å². The van der Waals surface area contributed by atoms with Crippen molar-refractivity contribution in [3.63, 3.8) is 0 Å². The number of carbonyl (C=O) groups excluding carboxylic acids is 2. The van der Waals surface area contributed by atoms with E-state index in [1.807, 2.05) is 0 Å². The molecule has 5 heteroatoms. The topological polar surface area (TPSA) is 49.4 Å². The lowest BCUT2D eigenvalue weighted by molar-refractivity contribution is -0.131. The molecular formula is C14H17ClN2O2. The summed E-state index contributed by atoms with van der Waals surface area (Å²) >= 11 is 5.77. The summed E-state index contributed by atoms with van der Waals surface area (Å²) in [5.74, 6) is -0.267. The fourth-order valence-electron chi connectivity index (χ4n) is 2.15. The number of hydrogen-bond donors (Lipinski definition) is 1. The highest BCUT2D eigenvalue weighted by Gasteiger charge is 2.24. The van der Waals surface area contributed by atoms with Crippen molar-refractivity contribution in [3.8, 4) is 0 Å². The average Bonchev–Trinajstić information content (AvgIpc) is 2.92. The second kappa shape index (κ2) is 6.06. The molecule has 0 bridgehead atoms. The quantitative estimate of drug-likeness (QED) is 0.922. The van der Waals surface area contributed by atoms with Crippen molar-refractivity contribution in [2.75, 3.05) is 13.1 Å². The number of amides is 2. The molecule has 0 radical (unpaired) electrons. The Morgan fingerprint density at radius 3 is 2.37 bits per heavy atom. The average molecular weight is 281 g/mol. The number of hydrogen-bond acceptors (Lipinski definition) is 2. The zero-order valence-corrected chi connectivity index (χ0v) is 11.6. The van der Waals surface area contributed by atoms with Crippen LogP contribution in [0, 0.1) is 0 Å². The lowest BCUT2D eigenvalue weighted by atomic mass is 10.2. The summed E-state index contributed by atoms with van der Waals surface area (Å²) in [5.41, 5.74) is 0.505. The van der Waals surface area contributed by atoms with Crippen LogP contribution in [-0.4, -0.2) is 35.8 Å². The van der Waals surface area contributed by atoms with Crippen LogP contribution in [0.1, 0.15) is 30.1 Å². The third kappa shape index (κ3) is 3.47. The molecule has 4 nitrogen and oxygen atoms in total. The van der Waals surface area contributed by atoms with Gasteiger partial charge in [0, 0.05) is 23.7 Å². The molecule has 1 aromatic rings. The number of carbonyl (C=O) groups is 2. The van der Waals surface area contributed by atoms with Gasteiger partial charge in [-0.1, -0.05) is 11.6 Å². The Bertz CT molecular complexity index is 467. The van der Waals surface area contributed by atoms with Gasteiger partial charge in [-0.05, 0) is 44.0 Å². The first-order chi connectivity index (χ1) is 9.08. The maximum absolute atomic E-state index is 12.1. The molecule has 0 aromatic heterocycles. The molecule has 19 heavy (non-hydrogen) atoms. The number of rotatable bonds is 3. The van der Waals surface area contributed by atoms with Crippen molar-refractivity contribution in [1.82, 2.24) is 10.2 Å². The monoisotopic (exact) mass is 280 g/mol. The van der Waals surface area contributed by atoms with Crippen LogP contribution in [0.4, 0.5) is 0 Å². The summed E-state index contributed by atoms with van der Waals surface area (Å²) in [5, 5.41) is 3.30. The van der Waals surface area contributed by atoms with Gasteiger partial charge in [0.2, 0.25) is 5.91 Å². The van der Waals surface area contributed by atoms with Gasteiger partial charge >= 0.3 is 0 Å². The molecule has 1 aliphatic rings. The second-order valence-corrected chi connectivity index (χ2v) is 5.17. The highest BCUT2D eigenvalue weighted by molar-refractivity contribution is 6.30. The van der Waals surface area contributed by atoms with E-state index >= 15 is 0 Å². The van der Waals surface area contributed by atoms with Gasteiger partial charge in [-0.2, -0.15) is 0 Å². The van der Waals surface area contributed by atoms with E-state index in [1.54, 1.807) is 36.1 Å². The van der Waals surface area contributed by atoms with E-state index < -0.39 is 6.04 Å². The van der Waals surface area contributed by atoms with Gasteiger partial charge in [-0.3, -0.25) is 9.59 Å². The van der Waals surface area contributed by atoms with Crippen LogP contribution in [-0.2, 0) is 4.79 Å². The van der Waals surface area contributed by atoms with Gasteiger partial charge in [0.15, 0.2) is 0 Å². The predicted octanol–water partition coefficient (Wildman–Crippen LogP) is 2.08. The Labute approximate surface area is 117 Å². The molecule has 0 saturated carbocycles. The summed E-state index contributed by atoms with van der Waals surface area (Å²) < 4.78 is 0. The minimum atomic E-state index is -0.499. The van der Waals surface area contributed by atoms with Crippen LogP contribution in [0.5, 0.6) is 0 Å². The molecule has 1 atom stereocenters. The molecule has 1 saturated heterocycles. The van der Waals surface area contributed by atoms with Crippen molar-refractivity contribution < 1.29 is 9.59 Å². The summed E-state index contributed by atoms with van der Waals surface area (Å²) in [7, 11) is 0. The van der Waals surface area contributed by atoms with Crippen molar-refractivity contribution in [2.24, 2.45) is 0 Å². The molecule has 2 amide bonds. The SMILES string of the molecule is C[C@H](NC(=O)c1ccc(Cl)cc1)C(=O)N1CCCC1. The van der Waals surface area contributed by atoms with Crippen molar-refractivity contribution in [3.05, 3.63) is 34.9 Å². The van der Waals surface area contributed by atoms with Crippen molar-refractivity contribution in [2.45, 2.75) is 25.8 Å². The fraction of sp³-hybridized carbons (Fsp3) is 0.429. The Morgan fingerprint density at radius 1 is 1.21 bits per heavy atom. The Balaban J connectivity index is 1.94. The van der Waals surface area contributed by atoms with E-state index in [4.69, 9.17) is 11.6 Å². The lowest BCUT2D eigenvalue weighted by Crippen LogP contribution is -2.45. The van der Waals surface area contributed by atoms with Gasteiger partial charge in [-0.25, -0.2) is 0 Å². The molecular weight excluding hydrogens is 264 g/mol. The maximum Gasteiger partial charge on any atom is 0.251 e. The molecule has 1 N–H and O–H groups in total. The zero-order chi connectivity index (χ0) is 13.8. The molecule has 2 rings (SSSR count). The second-order valence-electron chi connectivity index (χ2n) is 4.73. The van der Waals surface area contributed by atoms with Gasteiger partial charge in [-0.15, -0.1) is 0 Å². The standard InChI is InChI=1S/C14H17ClN2O2/c1-10(14(19)17-8-2-3-9-17)16-13(18)11-4-6-12(15)7-5-11/h4-7,10H,2-3,8-9H2,1H3,(H,16,18)/t10-/m0/s1. The van der Waals surface area contributed by atoms with E-state index in [0.717, 1.165) is 25.9 Å². The number of nitrogens with one attached hydrogen (secondary N) is 1. The Hall–Kier alpha value is -1.55. The van der Waals surface area contributed by atoms with E-state index in [2.05, 4.69) is 5.32 Å². The molecule has 1 fully saturated rings. The molecule has 1 aromatic carbocycles. The molecule has 0 spiro atoms. The third-order valence-electron chi connectivity index (χ3n) is 3.24. The predicted molar refractivity (Wildman–Crippen MR) is 74.2 cm³/mol. The third-order valence-corrected chi connectivity index (χ3v) is 3.49. The number of likely N-dealkylation sites (tertiary alicyclic amines) is 1. The number of benzene rings is 1. The van der Waals surface area contributed by atoms with Crippen LogP contribution < -0.4 is 5.32 Å². The first-order valence-corrected chi connectivity index (χ1v) is 6.81. The van der Waals surface area contributed by atoms with Crippen LogP contribution in [0.3, 0.4) is 0 Å². The van der Waals surface area contributed by atoms with Crippen LogP contribution in [0.25, 0.3) is 0 Å². The Morgan fingerprint density at radius 2 is 1.79 bits per heavy atom. The maximum atomic E-state index is 12.1. The minimum absolute atomic E-state index is 0.0141. The van der Waals surface area contributed by atoms with Crippen LogP contribution >= 0.6 is 11.6 Å². The highest BCUT2D eigenvalue weighted by Crippen LogP contribution is 2.11. The largest absolute Gasteiger partial charge is 0.341 e. The van der Waals surface area contributed by atoms with Crippen molar-refractivity contribution in [1.29, 1.82) is 0 Å². The number of nitrogens with zero attached hydrogens (tertiary/aromatic N) is 1. The summed E-state index contributed by atoms with van der Waals surface area (Å²) in [6.07, 6.45) is 2.09. The zero-order valence-electron chi connectivity index (χ0n) is 10.9. The van der Waals surface area contributed by atoms with Crippen LogP contribution in [0.2, 0.25) is 5.02 Å². The fourth-order valence-corrected chi connectivity index (χ4v) is 2.28. The van der Waals surface area contributed by atoms with Crippen LogP contribution in [0.15, 0.2) is 24.3 Å². The van der Waals surface area contributed by atoms with Gasteiger partial charge in [0.1, 0.15) is 6.04 Å². The van der Waals surface area contributed by atoms with E-state index in [0.29, 0.717) is 10.6 Å². The van der Waals surface area contributed by atoms with Gasteiger partial charge in [0.25, 0.3) is 5.91 Å². The van der Waals surface area contributed by atoms with Crippen molar-refractivity contribution >= 4 is 23.4 Å². The molecule has 102 valence electrons. The first-order valence-electron chi connectivity index (χ1n) is 6.43. The summed E-state index contributed by atoms with van der Waals surface area (Å²) in [4.78, 5) is 25.8. The van der Waals surface area contributed by atoms with E-state index in [9.17, 15) is 9.59 Å². The smallest absolute Gasteiger partial charge is 0.251 e. The number of halogens is 1. The van der Waals surface area contributed by atoms with E-state index in [1.165, 1.54) is 0 Å². The minimum Gasteiger partial charge on any atom is -0.341 e. The first kappa shape index (κ1) is 13.9. The normalized spacial score (nSPS) is 16.2. The molecule has 0 aliphatic carbocycles. The highest BCUT2D eigenvalue weighted by atomic mass is 35.5. The molecule has 0 unspecified atom stereocenters. The molecule has 1 heterocycles. The summed E-state index contributed by atoms with van der Waals surface area (Å²) in [6.45, 7) is 3.30. The van der Waals surface area contributed by atoms with Gasteiger partial charge in [0.05, 0.1) is 0 Å². The lowest BCUT2D eigenvalue weighted by Gasteiger charge is -2.21. The Kier molecular flexibility index (Phi) is 4.43. The summed E-state index contributed by atoms with van der Waals surface area (Å²) in [6, 6.07) is 6.10. The van der Waals surface area contributed by atoms with Gasteiger partial charge < -0.3 is 10.2 Å².